The van der Waals surface area contributed by atoms with Crippen LogP contribution in [-0.4, -0.2) is 11.1 Å². The molecule has 0 saturated heterocycles. The summed E-state index contributed by atoms with van der Waals surface area (Å²) in [5, 5.41) is 5.28. The molecule has 0 unspecified atom stereocenters. The summed E-state index contributed by atoms with van der Waals surface area (Å²) in [4.78, 5) is 4.64. The summed E-state index contributed by atoms with van der Waals surface area (Å²) in [6.07, 6.45) is 4.36. The minimum Gasteiger partial charge on any atom is -0.328 e. The summed E-state index contributed by atoms with van der Waals surface area (Å²) < 4.78 is 2.44. The van der Waals surface area contributed by atoms with Gasteiger partial charge in [0, 0.05) is 39.6 Å². The normalized spacial score (nSPS) is 14.3. The third-order valence-corrected chi connectivity index (χ3v) is 6.36. The topological polar surface area (TPSA) is 10.9 Å². The standard InChI is InChI=1S/C27H19N3/c1-2-8-19(9-3-1)28-16-17-29(18-28)25-15-14-21-20-10-4-6-12-23(20)30-24-13-7-5-11-22(24)26(25)27(21)30/h1-17H,18H2. The summed E-state index contributed by atoms with van der Waals surface area (Å²) in [5.41, 5.74) is 6.34. The van der Waals surface area contributed by atoms with Crippen molar-refractivity contribution in [3.63, 3.8) is 0 Å². The Balaban J connectivity index is 1.50. The van der Waals surface area contributed by atoms with Gasteiger partial charge < -0.3 is 14.2 Å². The fraction of sp³-hybridized carbons (Fsp3) is 0.0370. The van der Waals surface area contributed by atoms with Crippen molar-refractivity contribution in [1.82, 2.24) is 4.40 Å². The number of para-hydroxylation sites is 3. The van der Waals surface area contributed by atoms with Crippen molar-refractivity contribution in [3.05, 3.63) is 103 Å². The molecule has 0 spiro atoms. The van der Waals surface area contributed by atoms with Crippen molar-refractivity contribution in [2.75, 3.05) is 16.5 Å². The predicted molar refractivity (Wildman–Crippen MR) is 127 cm³/mol. The summed E-state index contributed by atoms with van der Waals surface area (Å²) in [6.45, 7) is 0.810. The lowest BCUT2D eigenvalue weighted by molar-refractivity contribution is 0.980. The molecule has 1 aliphatic rings. The molecule has 0 aliphatic carbocycles. The molecule has 6 aromatic rings. The van der Waals surface area contributed by atoms with Crippen LogP contribution in [0.2, 0.25) is 0 Å². The van der Waals surface area contributed by atoms with E-state index in [1.165, 1.54) is 49.5 Å². The highest BCUT2D eigenvalue weighted by atomic mass is 15.3. The highest BCUT2D eigenvalue weighted by molar-refractivity contribution is 6.26. The van der Waals surface area contributed by atoms with Gasteiger partial charge in [0.2, 0.25) is 0 Å². The molecule has 0 atom stereocenters. The molecule has 2 aromatic heterocycles. The highest BCUT2D eigenvalue weighted by Crippen LogP contribution is 2.43. The number of anilines is 2. The Labute approximate surface area is 174 Å². The van der Waals surface area contributed by atoms with Gasteiger partial charge >= 0.3 is 0 Å². The van der Waals surface area contributed by atoms with Crippen LogP contribution in [0.25, 0.3) is 38.1 Å². The molecule has 4 aromatic carbocycles. The molecule has 1 aliphatic heterocycles. The average Bonchev–Trinajstić information content (AvgIpc) is 3.51. The molecule has 142 valence electrons. The molecule has 7 rings (SSSR count). The van der Waals surface area contributed by atoms with E-state index in [0.29, 0.717) is 0 Å². The van der Waals surface area contributed by atoms with E-state index in [0.717, 1.165) is 6.67 Å². The number of hydrogen-bond acceptors (Lipinski definition) is 2. The Morgan fingerprint density at radius 3 is 2.03 bits per heavy atom. The minimum absolute atomic E-state index is 0.810. The quantitative estimate of drug-likeness (QED) is 0.333. The van der Waals surface area contributed by atoms with Gasteiger partial charge in [-0.3, -0.25) is 0 Å². The smallest absolute Gasteiger partial charge is 0.0989 e. The average molecular weight is 385 g/mol. The maximum Gasteiger partial charge on any atom is 0.0989 e. The lowest BCUT2D eigenvalue weighted by Crippen LogP contribution is -2.24. The largest absolute Gasteiger partial charge is 0.328 e. The van der Waals surface area contributed by atoms with Crippen LogP contribution in [0.1, 0.15) is 0 Å². The second-order valence-electron chi connectivity index (χ2n) is 7.94. The first-order valence-electron chi connectivity index (χ1n) is 10.3. The van der Waals surface area contributed by atoms with Gasteiger partial charge in [0.1, 0.15) is 0 Å². The van der Waals surface area contributed by atoms with E-state index in [-0.39, 0.29) is 0 Å². The second-order valence-corrected chi connectivity index (χ2v) is 7.94. The number of rotatable bonds is 2. The first kappa shape index (κ1) is 15.9. The summed E-state index contributed by atoms with van der Waals surface area (Å²) in [6, 6.07) is 32.6. The highest BCUT2D eigenvalue weighted by Gasteiger charge is 2.23. The van der Waals surface area contributed by atoms with E-state index in [4.69, 9.17) is 0 Å². The molecule has 30 heavy (non-hydrogen) atoms. The SMILES string of the molecule is C1=CN(c2ccc3c4ccccc4n4c5ccccc5c2c34)CN1c1ccccc1. The van der Waals surface area contributed by atoms with Crippen LogP contribution in [0, 0.1) is 0 Å². The Bertz CT molecular complexity index is 1580. The van der Waals surface area contributed by atoms with Crippen LogP contribution >= 0.6 is 0 Å². The number of hydrogen-bond donors (Lipinski definition) is 0. The predicted octanol–water partition coefficient (Wildman–Crippen LogP) is 6.59. The van der Waals surface area contributed by atoms with Gasteiger partial charge in [-0.2, -0.15) is 0 Å². The van der Waals surface area contributed by atoms with E-state index in [1.807, 2.05) is 0 Å². The molecule has 0 fully saturated rings. The van der Waals surface area contributed by atoms with E-state index in [1.54, 1.807) is 0 Å². The third kappa shape index (κ3) is 1.99. The van der Waals surface area contributed by atoms with E-state index in [9.17, 15) is 0 Å². The monoisotopic (exact) mass is 385 g/mol. The van der Waals surface area contributed by atoms with Crippen LogP contribution in [0.15, 0.2) is 103 Å². The molecule has 0 N–H and O–H groups in total. The van der Waals surface area contributed by atoms with E-state index >= 15 is 0 Å². The van der Waals surface area contributed by atoms with E-state index in [2.05, 4.69) is 118 Å². The fourth-order valence-corrected chi connectivity index (χ4v) is 5.05. The Morgan fingerprint density at radius 2 is 1.20 bits per heavy atom. The lowest BCUT2D eigenvalue weighted by Gasteiger charge is -2.22. The fourth-order valence-electron chi connectivity index (χ4n) is 5.05. The van der Waals surface area contributed by atoms with Crippen molar-refractivity contribution in [2.45, 2.75) is 0 Å². The number of nitrogens with zero attached hydrogens (tertiary/aromatic N) is 3. The van der Waals surface area contributed by atoms with Crippen LogP contribution in [0.4, 0.5) is 11.4 Å². The molecule has 3 nitrogen and oxygen atoms in total. The molecule has 3 heteroatoms. The third-order valence-electron chi connectivity index (χ3n) is 6.36. The van der Waals surface area contributed by atoms with Gasteiger partial charge in [0.05, 0.1) is 28.9 Å². The van der Waals surface area contributed by atoms with Gasteiger partial charge in [-0.25, -0.2) is 0 Å². The van der Waals surface area contributed by atoms with Crippen molar-refractivity contribution >= 4 is 49.5 Å². The number of benzene rings is 4. The maximum absolute atomic E-state index is 2.44. The zero-order valence-electron chi connectivity index (χ0n) is 16.4. The minimum atomic E-state index is 0.810. The lowest BCUT2D eigenvalue weighted by atomic mass is 10.1. The van der Waals surface area contributed by atoms with Gasteiger partial charge in [-0.15, -0.1) is 0 Å². The molecule has 0 saturated carbocycles. The number of aromatic nitrogens is 1. The zero-order chi connectivity index (χ0) is 19.7. The summed E-state index contributed by atoms with van der Waals surface area (Å²) in [5.74, 6) is 0. The van der Waals surface area contributed by atoms with Gasteiger partial charge in [-0.05, 0) is 30.3 Å². The van der Waals surface area contributed by atoms with Crippen molar-refractivity contribution in [2.24, 2.45) is 0 Å². The summed E-state index contributed by atoms with van der Waals surface area (Å²) in [7, 11) is 0. The molecule has 0 radical (unpaired) electrons. The molecular weight excluding hydrogens is 366 g/mol. The Kier molecular flexibility index (Phi) is 3.06. The van der Waals surface area contributed by atoms with Crippen molar-refractivity contribution in [1.29, 1.82) is 0 Å². The Hall–Kier alpha value is -3.98. The zero-order valence-corrected chi connectivity index (χ0v) is 16.4. The van der Waals surface area contributed by atoms with Crippen molar-refractivity contribution < 1.29 is 0 Å². The van der Waals surface area contributed by atoms with E-state index < -0.39 is 0 Å². The van der Waals surface area contributed by atoms with Crippen LogP contribution in [-0.2, 0) is 0 Å². The van der Waals surface area contributed by atoms with Crippen LogP contribution < -0.4 is 9.80 Å². The van der Waals surface area contributed by atoms with Crippen LogP contribution in [0.5, 0.6) is 0 Å². The first-order chi connectivity index (χ1) is 14.9. The second kappa shape index (κ2) is 5.77. The summed E-state index contributed by atoms with van der Waals surface area (Å²) >= 11 is 0. The number of fused-ring (bicyclic) bond motifs is 6. The van der Waals surface area contributed by atoms with Crippen LogP contribution in [0.3, 0.4) is 0 Å². The molecular formula is C27H19N3. The molecule has 0 bridgehead atoms. The Morgan fingerprint density at radius 1 is 0.533 bits per heavy atom. The van der Waals surface area contributed by atoms with Gasteiger partial charge in [0.25, 0.3) is 0 Å². The maximum atomic E-state index is 2.44. The first-order valence-corrected chi connectivity index (χ1v) is 10.3. The molecule has 3 heterocycles. The molecule has 0 amide bonds. The van der Waals surface area contributed by atoms with Gasteiger partial charge in [0.15, 0.2) is 0 Å². The van der Waals surface area contributed by atoms with Crippen molar-refractivity contribution in [3.8, 4) is 0 Å². The van der Waals surface area contributed by atoms with Gasteiger partial charge in [-0.1, -0.05) is 60.7 Å².